The molecule has 0 aromatic carbocycles. The summed E-state index contributed by atoms with van der Waals surface area (Å²) in [5.41, 5.74) is 0. The number of aliphatic hydroxyl groups excluding tert-OH is 11. The molecule has 0 radical (unpaired) electrons. The average molecular weight is 1230 g/mol. The molecule has 12 N–H and O–H groups in total. The maximum Gasteiger partial charge on any atom is 0.220 e. The van der Waals surface area contributed by atoms with Gasteiger partial charge in [-0.2, -0.15) is 0 Å². The molecule has 3 fully saturated rings. The van der Waals surface area contributed by atoms with Gasteiger partial charge in [-0.15, -0.1) is 0 Å². The molecule has 17 unspecified atom stereocenters. The standard InChI is InChI=1S/C67H125NO18/c1-3-5-7-9-11-13-14-15-16-17-18-19-20-21-22-23-24-25-26-27-28-29-30-31-32-33-34-35-37-38-40-42-44-51(72)50(68-55(73)45-43-41-39-36-12-10-8-6-4-2)49-81-65-61(79)58(76)63(53(47-70)83-65)86-67-62(80)59(77)64(54(48-71)84-67)85-66-60(78)57(75)56(74)52(46-69)82-66/h35,37,42,44,50-54,56-67,69-72,74-80H,3-34,36,38-41,43,45-49H2,1-2H3,(H,68,73)/b37-35+,44-42+. The van der Waals surface area contributed by atoms with E-state index in [0.717, 1.165) is 38.5 Å². The van der Waals surface area contributed by atoms with Crippen molar-refractivity contribution in [1.82, 2.24) is 5.32 Å². The van der Waals surface area contributed by atoms with Gasteiger partial charge in [0.25, 0.3) is 0 Å². The quantitative estimate of drug-likeness (QED) is 0.0200. The van der Waals surface area contributed by atoms with Crippen LogP contribution in [-0.4, -0.2) is 193 Å². The molecule has 86 heavy (non-hydrogen) atoms. The van der Waals surface area contributed by atoms with Crippen molar-refractivity contribution in [2.24, 2.45) is 0 Å². The predicted molar refractivity (Wildman–Crippen MR) is 333 cm³/mol. The minimum Gasteiger partial charge on any atom is -0.394 e. The molecule has 17 atom stereocenters. The molecule has 19 nitrogen and oxygen atoms in total. The highest BCUT2D eigenvalue weighted by atomic mass is 16.8. The molecule has 506 valence electrons. The summed E-state index contributed by atoms with van der Waals surface area (Å²) in [5, 5.41) is 120. The summed E-state index contributed by atoms with van der Waals surface area (Å²) in [6.45, 7) is 1.69. The lowest BCUT2D eigenvalue weighted by molar-refractivity contribution is -0.379. The van der Waals surface area contributed by atoms with Crippen LogP contribution in [-0.2, 0) is 33.2 Å². The normalized spacial score (nSPS) is 28.9. The second-order valence-electron chi connectivity index (χ2n) is 25.0. The smallest absolute Gasteiger partial charge is 0.220 e. The Bertz CT molecular complexity index is 1660. The minimum absolute atomic E-state index is 0.238. The lowest BCUT2D eigenvalue weighted by atomic mass is 9.96. The van der Waals surface area contributed by atoms with E-state index < -0.39 is 124 Å². The van der Waals surface area contributed by atoms with Crippen molar-refractivity contribution in [2.75, 3.05) is 26.4 Å². The first kappa shape index (κ1) is 78.5. The van der Waals surface area contributed by atoms with Crippen LogP contribution >= 0.6 is 0 Å². The SMILES string of the molecule is CCCCCCCCCCCCCCCCCCCCCCCCCCCC/C=C/CC/C=C/C(O)C(COC1OC(CO)C(OC2OC(CO)C(OC3OC(CO)C(O)C(O)C3O)C(O)C2O)C(O)C1O)NC(=O)CCCCCCCCCCC. The van der Waals surface area contributed by atoms with Gasteiger partial charge in [0.1, 0.15) is 73.2 Å². The van der Waals surface area contributed by atoms with Gasteiger partial charge in [0.05, 0.1) is 38.6 Å². The second-order valence-corrected chi connectivity index (χ2v) is 25.0. The zero-order valence-corrected chi connectivity index (χ0v) is 53.3. The molecule has 3 aliphatic rings. The van der Waals surface area contributed by atoms with Crippen molar-refractivity contribution in [3.8, 4) is 0 Å². The number of hydrogen-bond donors (Lipinski definition) is 12. The zero-order valence-electron chi connectivity index (χ0n) is 53.3. The van der Waals surface area contributed by atoms with Crippen LogP contribution in [0.5, 0.6) is 0 Å². The Morgan fingerprint density at radius 1 is 0.407 bits per heavy atom. The lowest BCUT2D eigenvalue weighted by Crippen LogP contribution is -2.66. The van der Waals surface area contributed by atoms with E-state index >= 15 is 0 Å². The van der Waals surface area contributed by atoms with Crippen LogP contribution in [0.1, 0.15) is 264 Å². The molecule has 3 saturated heterocycles. The van der Waals surface area contributed by atoms with E-state index in [-0.39, 0.29) is 18.9 Å². The van der Waals surface area contributed by atoms with Crippen LogP contribution in [0.4, 0.5) is 0 Å². The Morgan fingerprint density at radius 3 is 1.16 bits per heavy atom. The molecule has 0 aromatic rings. The summed E-state index contributed by atoms with van der Waals surface area (Å²) in [6, 6.07) is -0.985. The van der Waals surface area contributed by atoms with Gasteiger partial charge in [0.2, 0.25) is 5.91 Å². The Hall–Kier alpha value is -1.73. The van der Waals surface area contributed by atoms with Gasteiger partial charge in [-0.3, -0.25) is 4.79 Å². The largest absolute Gasteiger partial charge is 0.394 e. The number of carbonyl (C=O) groups excluding carboxylic acids is 1. The van der Waals surface area contributed by atoms with Crippen molar-refractivity contribution in [2.45, 2.75) is 369 Å². The number of allylic oxidation sites excluding steroid dienone is 3. The van der Waals surface area contributed by atoms with Gasteiger partial charge in [0.15, 0.2) is 18.9 Å². The van der Waals surface area contributed by atoms with E-state index in [9.17, 15) is 61.0 Å². The first-order chi connectivity index (χ1) is 41.8. The van der Waals surface area contributed by atoms with Crippen molar-refractivity contribution in [1.29, 1.82) is 0 Å². The number of amides is 1. The Kier molecular flexibility index (Phi) is 45.6. The van der Waals surface area contributed by atoms with Gasteiger partial charge in [-0.1, -0.05) is 250 Å². The summed E-state index contributed by atoms with van der Waals surface area (Å²) in [7, 11) is 0. The third-order valence-electron chi connectivity index (χ3n) is 17.5. The molecule has 3 heterocycles. The predicted octanol–water partition coefficient (Wildman–Crippen LogP) is 8.66. The number of rotatable bonds is 53. The summed E-state index contributed by atoms with van der Waals surface area (Å²) in [6.07, 6.45) is 29.3. The first-order valence-corrected chi connectivity index (χ1v) is 34.6. The number of carbonyl (C=O) groups is 1. The van der Waals surface area contributed by atoms with Gasteiger partial charge in [-0.05, 0) is 32.1 Å². The molecule has 1 amide bonds. The second kappa shape index (κ2) is 49.9. The fraction of sp³-hybridized carbons (Fsp3) is 0.925. The third kappa shape index (κ3) is 32.0. The highest BCUT2D eigenvalue weighted by Crippen LogP contribution is 2.33. The Balaban J connectivity index is 1.36. The van der Waals surface area contributed by atoms with Gasteiger partial charge < -0.3 is 89.9 Å². The van der Waals surface area contributed by atoms with E-state index in [1.807, 2.05) is 6.08 Å². The van der Waals surface area contributed by atoms with Crippen LogP contribution in [0.25, 0.3) is 0 Å². The number of ether oxygens (including phenoxy) is 6. The van der Waals surface area contributed by atoms with Gasteiger partial charge in [-0.25, -0.2) is 0 Å². The van der Waals surface area contributed by atoms with Crippen LogP contribution in [0.2, 0.25) is 0 Å². The molecule has 0 saturated carbocycles. The van der Waals surface area contributed by atoms with Gasteiger partial charge in [0, 0.05) is 6.42 Å². The van der Waals surface area contributed by atoms with Crippen molar-refractivity contribution in [3.05, 3.63) is 24.3 Å². The molecular formula is C67H125NO18. The van der Waals surface area contributed by atoms with Crippen molar-refractivity contribution < 1.29 is 89.4 Å². The molecule has 0 aromatic heterocycles. The zero-order chi connectivity index (χ0) is 62.6. The van der Waals surface area contributed by atoms with Crippen molar-refractivity contribution >= 4 is 5.91 Å². The Morgan fingerprint density at radius 2 is 0.744 bits per heavy atom. The summed E-state index contributed by atoms with van der Waals surface area (Å²) in [5.74, 6) is -0.287. The van der Waals surface area contributed by atoms with E-state index in [1.54, 1.807) is 6.08 Å². The number of unbranched alkanes of at least 4 members (excludes halogenated alkanes) is 35. The number of hydrogen-bond acceptors (Lipinski definition) is 18. The summed E-state index contributed by atoms with van der Waals surface area (Å²) >= 11 is 0. The number of aliphatic hydroxyl groups is 11. The van der Waals surface area contributed by atoms with Crippen LogP contribution in [0, 0.1) is 0 Å². The first-order valence-electron chi connectivity index (χ1n) is 34.6. The van der Waals surface area contributed by atoms with E-state index in [2.05, 4.69) is 31.3 Å². The fourth-order valence-electron chi connectivity index (χ4n) is 11.9. The highest BCUT2D eigenvalue weighted by molar-refractivity contribution is 5.76. The lowest BCUT2D eigenvalue weighted by Gasteiger charge is -2.48. The average Bonchev–Trinajstić information content (AvgIpc) is 1.38. The van der Waals surface area contributed by atoms with Crippen LogP contribution in [0.3, 0.4) is 0 Å². The van der Waals surface area contributed by atoms with Gasteiger partial charge >= 0.3 is 0 Å². The maximum absolute atomic E-state index is 13.3. The fourth-order valence-corrected chi connectivity index (χ4v) is 11.9. The monoisotopic (exact) mass is 1230 g/mol. The van der Waals surface area contributed by atoms with Crippen LogP contribution in [0.15, 0.2) is 24.3 Å². The molecule has 0 bridgehead atoms. The Labute approximate surface area is 518 Å². The minimum atomic E-state index is -1.98. The summed E-state index contributed by atoms with van der Waals surface area (Å²) in [4.78, 5) is 13.3. The molecular weight excluding hydrogens is 1110 g/mol. The molecule has 3 rings (SSSR count). The molecule has 0 aliphatic carbocycles. The highest BCUT2D eigenvalue weighted by Gasteiger charge is 2.53. The topological polar surface area (TPSA) is 307 Å². The molecule has 0 spiro atoms. The molecule has 3 aliphatic heterocycles. The van der Waals surface area contributed by atoms with Crippen LogP contribution < -0.4 is 5.32 Å². The maximum atomic E-state index is 13.3. The molecule has 19 heteroatoms. The van der Waals surface area contributed by atoms with Crippen molar-refractivity contribution in [3.63, 3.8) is 0 Å². The van der Waals surface area contributed by atoms with E-state index in [4.69, 9.17) is 28.4 Å². The third-order valence-corrected chi connectivity index (χ3v) is 17.5. The number of nitrogens with one attached hydrogen (secondary N) is 1. The summed E-state index contributed by atoms with van der Waals surface area (Å²) < 4.78 is 34.2. The van der Waals surface area contributed by atoms with E-state index in [0.29, 0.717) is 12.8 Å². The van der Waals surface area contributed by atoms with E-state index in [1.165, 1.54) is 193 Å².